The minimum atomic E-state index is 0.0479. The van der Waals surface area contributed by atoms with Crippen molar-refractivity contribution in [3.05, 3.63) is 30.2 Å². The highest BCUT2D eigenvalue weighted by Gasteiger charge is 2.15. The molecule has 2 aromatic rings. The van der Waals surface area contributed by atoms with Crippen molar-refractivity contribution in [2.45, 2.75) is 46.1 Å². The van der Waals surface area contributed by atoms with Crippen LogP contribution < -0.4 is 10.5 Å². The van der Waals surface area contributed by atoms with Gasteiger partial charge in [-0.2, -0.15) is 4.98 Å². The Hall–Kier alpha value is -2.41. The van der Waals surface area contributed by atoms with E-state index in [2.05, 4.69) is 24.0 Å². The summed E-state index contributed by atoms with van der Waals surface area (Å²) < 4.78 is 10.7. The first kappa shape index (κ1) is 20.9. The number of nitrogens with two attached hydrogens (primary N) is 1. The number of ether oxygens (including phenoxy) is 1. The smallest absolute Gasteiger partial charge is 0.227 e. The van der Waals surface area contributed by atoms with E-state index in [1.54, 1.807) is 11.9 Å². The molecule has 7 heteroatoms. The molecular formula is C20H30N4O3. The van der Waals surface area contributed by atoms with E-state index in [1.165, 1.54) is 0 Å². The molecule has 0 saturated heterocycles. The van der Waals surface area contributed by atoms with Gasteiger partial charge in [0.05, 0.1) is 6.61 Å². The van der Waals surface area contributed by atoms with Crippen LogP contribution in [0.15, 0.2) is 28.8 Å². The summed E-state index contributed by atoms with van der Waals surface area (Å²) in [5, 5.41) is 4.00. The molecule has 2 rings (SSSR count). The average Bonchev–Trinajstić information content (AvgIpc) is 3.13. The molecule has 1 atom stereocenters. The Morgan fingerprint density at radius 2 is 2.00 bits per heavy atom. The van der Waals surface area contributed by atoms with Gasteiger partial charge in [0, 0.05) is 38.0 Å². The second-order valence-electron chi connectivity index (χ2n) is 6.98. The van der Waals surface area contributed by atoms with Crippen molar-refractivity contribution in [3.63, 3.8) is 0 Å². The Morgan fingerprint density at radius 1 is 1.30 bits per heavy atom. The lowest BCUT2D eigenvalue weighted by molar-refractivity contribution is -0.130. The monoisotopic (exact) mass is 374 g/mol. The van der Waals surface area contributed by atoms with Crippen LogP contribution >= 0.6 is 0 Å². The van der Waals surface area contributed by atoms with Crippen LogP contribution in [0.3, 0.4) is 0 Å². The Labute approximate surface area is 160 Å². The molecule has 1 heterocycles. The van der Waals surface area contributed by atoms with Crippen LogP contribution in [0.25, 0.3) is 11.4 Å². The van der Waals surface area contributed by atoms with Crippen LogP contribution in [-0.2, 0) is 11.2 Å². The summed E-state index contributed by atoms with van der Waals surface area (Å²) in [6, 6.07) is 7.62. The van der Waals surface area contributed by atoms with Gasteiger partial charge in [0.15, 0.2) is 0 Å². The Kier molecular flexibility index (Phi) is 7.79. The highest BCUT2D eigenvalue weighted by Crippen LogP contribution is 2.20. The second kappa shape index (κ2) is 10.1. The quantitative estimate of drug-likeness (QED) is 0.687. The third kappa shape index (κ3) is 6.36. The molecule has 0 fully saturated rings. The van der Waals surface area contributed by atoms with E-state index in [0.29, 0.717) is 43.6 Å². The minimum Gasteiger partial charge on any atom is -0.494 e. The van der Waals surface area contributed by atoms with E-state index in [9.17, 15) is 4.79 Å². The van der Waals surface area contributed by atoms with Gasteiger partial charge in [-0.15, -0.1) is 0 Å². The van der Waals surface area contributed by atoms with Crippen LogP contribution in [0.1, 0.15) is 39.5 Å². The second-order valence-corrected chi connectivity index (χ2v) is 6.98. The fourth-order valence-corrected chi connectivity index (χ4v) is 2.55. The van der Waals surface area contributed by atoms with Crippen molar-refractivity contribution >= 4 is 5.91 Å². The third-order valence-electron chi connectivity index (χ3n) is 4.52. The first-order chi connectivity index (χ1) is 12.9. The SMILES string of the molecule is CCOc1ccc(-c2noc(CCC(=O)N(C)CCC(N)C(C)C)n2)cc1. The van der Waals surface area contributed by atoms with Gasteiger partial charge in [-0.05, 0) is 43.5 Å². The van der Waals surface area contributed by atoms with Gasteiger partial charge >= 0.3 is 0 Å². The molecule has 0 radical (unpaired) electrons. The Balaban J connectivity index is 1.83. The van der Waals surface area contributed by atoms with Gasteiger partial charge in [0.1, 0.15) is 5.75 Å². The zero-order valence-corrected chi connectivity index (χ0v) is 16.6. The summed E-state index contributed by atoms with van der Waals surface area (Å²) in [7, 11) is 1.80. The zero-order valence-electron chi connectivity index (χ0n) is 16.6. The molecule has 1 aromatic heterocycles. The highest BCUT2D eigenvalue weighted by atomic mass is 16.5. The summed E-state index contributed by atoms with van der Waals surface area (Å²) >= 11 is 0. The Morgan fingerprint density at radius 3 is 2.63 bits per heavy atom. The highest BCUT2D eigenvalue weighted by molar-refractivity contribution is 5.76. The normalized spacial score (nSPS) is 12.2. The fourth-order valence-electron chi connectivity index (χ4n) is 2.55. The van der Waals surface area contributed by atoms with Gasteiger partial charge in [0.25, 0.3) is 0 Å². The molecule has 27 heavy (non-hydrogen) atoms. The Bertz CT molecular complexity index is 712. The molecule has 7 nitrogen and oxygen atoms in total. The first-order valence-corrected chi connectivity index (χ1v) is 9.46. The van der Waals surface area contributed by atoms with Crippen molar-refractivity contribution in [1.82, 2.24) is 15.0 Å². The molecule has 0 aliphatic carbocycles. The number of benzene rings is 1. The van der Waals surface area contributed by atoms with E-state index < -0.39 is 0 Å². The number of hydrogen-bond acceptors (Lipinski definition) is 6. The number of aromatic nitrogens is 2. The van der Waals surface area contributed by atoms with E-state index in [4.69, 9.17) is 15.0 Å². The van der Waals surface area contributed by atoms with Gasteiger partial charge in [-0.3, -0.25) is 4.79 Å². The van der Waals surface area contributed by atoms with Gasteiger partial charge in [-0.1, -0.05) is 19.0 Å². The van der Waals surface area contributed by atoms with Crippen LogP contribution in [-0.4, -0.2) is 47.2 Å². The molecule has 0 spiro atoms. The molecule has 2 N–H and O–H groups in total. The van der Waals surface area contributed by atoms with Gasteiger partial charge < -0.3 is 19.9 Å². The van der Waals surface area contributed by atoms with Crippen LogP contribution in [0.2, 0.25) is 0 Å². The number of aryl methyl sites for hydroxylation is 1. The maximum absolute atomic E-state index is 12.3. The lowest BCUT2D eigenvalue weighted by Gasteiger charge is -2.21. The van der Waals surface area contributed by atoms with Crippen LogP contribution in [0.4, 0.5) is 0 Å². The number of nitrogens with zero attached hydrogens (tertiary/aromatic N) is 3. The van der Waals surface area contributed by atoms with Gasteiger partial charge in [-0.25, -0.2) is 0 Å². The van der Waals surface area contributed by atoms with E-state index in [-0.39, 0.29) is 11.9 Å². The lowest BCUT2D eigenvalue weighted by atomic mass is 10.0. The van der Waals surface area contributed by atoms with E-state index in [1.807, 2.05) is 31.2 Å². The number of amides is 1. The third-order valence-corrected chi connectivity index (χ3v) is 4.52. The van der Waals surface area contributed by atoms with E-state index >= 15 is 0 Å². The maximum Gasteiger partial charge on any atom is 0.227 e. The summed E-state index contributed by atoms with van der Waals surface area (Å²) in [5.41, 5.74) is 6.88. The lowest BCUT2D eigenvalue weighted by Crippen LogP contribution is -2.34. The fraction of sp³-hybridized carbons (Fsp3) is 0.550. The van der Waals surface area contributed by atoms with E-state index in [0.717, 1.165) is 17.7 Å². The van der Waals surface area contributed by atoms with Gasteiger partial charge in [0.2, 0.25) is 17.6 Å². The average molecular weight is 374 g/mol. The number of carbonyl (C=O) groups is 1. The number of hydrogen-bond donors (Lipinski definition) is 1. The molecule has 1 unspecified atom stereocenters. The minimum absolute atomic E-state index is 0.0479. The molecule has 148 valence electrons. The summed E-state index contributed by atoms with van der Waals surface area (Å²) in [5.74, 6) is 2.23. The van der Waals surface area contributed by atoms with Crippen molar-refractivity contribution in [2.75, 3.05) is 20.2 Å². The maximum atomic E-state index is 12.3. The summed E-state index contributed by atoms with van der Waals surface area (Å²) in [4.78, 5) is 18.3. The zero-order chi connectivity index (χ0) is 19.8. The van der Waals surface area contributed by atoms with Crippen molar-refractivity contribution in [1.29, 1.82) is 0 Å². The molecule has 0 aliphatic rings. The van der Waals surface area contributed by atoms with Crippen LogP contribution in [0.5, 0.6) is 5.75 Å². The summed E-state index contributed by atoms with van der Waals surface area (Å²) in [6.45, 7) is 7.39. The molecule has 1 amide bonds. The topological polar surface area (TPSA) is 94.5 Å². The summed E-state index contributed by atoms with van der Waals surface area (Å²) in [6.07, 6.45) is 1.55. The van der Waals surface area contributed by atoms with Crippen LogP contribution in [0, 0.1) is 5.92 Å². The standard InChI is InChI=1S/C20H30N4O3/c1-5-26-16-8-6-15(7-9-16)20-22-18(27-23-20)10-11-19(25)24(4)13-12-17(21)14(2)3/h6-9,14,17H,5,10-13,21H2,1-4H3. The first-order valence-electron chi connectivity index (χ1n) is 9.46. The molecule has 0 saturated carbocycles. The number of carbonyl (C=O) groups excluding carboxylic acids is 1. The molecular weight excluding hydrogens is 344 g/mol. The molecule has 1 aromatic carbocycles. The predicted octanol–water partition coefficient (Wildman–Crippen LogP) is 2.90. The van der Waals surface area contributed by atoms with Crippen molar-refractivity contribution in [2.24, 2.45) is 11.7 Å². The largest absolute Gasteiger partial charge is 0.494 e. The molecule has 0 bridgehead atoms. The van der Waals surface area contributed by atoms with Crippen molar-refractivity contribution < 1.29 is 14.1 Å². The number of rotatable bonds is 10. The molecule has 0 aliphatic heterocycles. The predicted molar refractivity (Wildman–Crippen MR) is 104 cm³/mol. The van der Waals surface area contributed by atoms with Crippen molar-refractivity contribution in [3.8, 4) is 17.1 Å².